The average Bonchev–Trinajstić information content (AvgIpc) is 3.50. The van der Waals surface area contributed by atoms with E-state index in [-0.39, 0.29) is 16.8 Å². The highest BCUT2D eigenvalue weighted by atomic mass is 32.2. The Morgan fingerprint density at radius 2 is 1.77 bits per heavy atom. The molecule has 156 valence electrons. The number of carbonyl (C=O) groups excluding carboxylic acids is 1. The summed E-state index contributed by atoms with van der Waals surface area (Å²) >= 11 is 0. The van der Waals surface area contributed by atoms with Crippen LogP contribution in [-0.2, 0) is 10.0 Å². The molecule has 0 unspecified atom stereocenters. The van der Waals surface area contributed by atoms with Crippen molar-refractivity contribution in [3.8, 4) is 5.69 Å². The van der Waals surface area contributed by atoms with Gasteiger partial charge in [-0.25, -0.2) is 18.2 Å². The molecule has 7 nitrogen and oxygen atoms in total. The Bertz CT molecular complexity index is 1170. The second-order valence-corrected chi connectivity index (χ2v) is 9.24. The number of rotatable bonds is 6. The Morgan fingerprint density at radius 1 is 1.13 bits per heavy atom. The van der Waals surface area contributed by atoms with E-state index in [4.69, 9.17) is 10.2 Å². The summed E-state index contributed by atoms with van der Waals surface area (Å²) in [6, 6.07) is 17.5. The molecule has 1 atom stereocenters. The van der Waals surface area contributed by atoms with Gasteiger partial charge < -0.3 is 4.90 Å². The first-order valence-corrected chi connectivity index (χ1v) is 11.4. The van der Waals surface area contributed by atoms with E-state index in [9.17, 15) is 13.2 Å². The fraction of sp³-hybridized carbons (Fsp3) is 0.273. The largest absolute Gasteiger partial charge is 0.334 e. The Hall–Kier alpha value is -2.97. The van der Waals surface area contributed by atoms with Gasteiger partial charge in [0.05, 0.1) is 22.3 Å². The van der Waals surface area contributed by atoms with Crippen molar-refractivity contribution in [2.24, 2.45) is 5.14 Å². The number of hydrogen-bond donors (Lipinski definition) is 1. The van der Waals surface area contributed by atoms with Crippen LogP contribution in [0.3, 0.4) is 0 Å². The molecular weight excluding hydrogens is 400 g/mol. The van der Waals surface area contributed by atoms with Crippen LogP contribution in [0.25, 0.3) is 5.69 Å². The van der Waals surface area contributed by atoms with E-state index < -0.39 is 10.0 Å². The molecule has 1 fully saturated rings. The Kier molecular flexibility index (Phi) is 5.21. The zero-order valence-electron chi connectivity index (χ0n) is 16.9. The van der Waals surface area contributed by atoms with Crippen molar-refractivity contribution in [3.63, 3.8) is 0 Å². The van der Waals surface area contributed by atoms with Crippen molar-refractivity contribution in [1.29, 1.82) is 0 Å². The molecule has 1 heterocycles. The van der Waals surface area contributed by atoms with Crippen molar-refractivity contribution in [1.82, 2.24) is 14.7 Å². The fourth-order valence-electron chi connectivity index (χ4n) is 3.41. The zero-order chi connectivity index (χ0) is 21.5. The van der Waals surface area contributed by atoms with Gasteiger partial charge in [-0.3, -0.25) is 4.79 Å². The van der Waals surface area contributed by atoms with Crippen LogP contribution in [-0.4, -0.2) is 36.1 Å². The summed E-state index contributed by atoms with van der Waals surface area (Å²) in [4.78, 5) is 15.1. The molecule has 3 aromatic rings. The highest BCUT2D eigenvalue weighted by Crippen LogP contribution is 2.40. The van der Waals surface area contributed by atoms with Crippen molar-refractivity contribution >= 4 is 15.9 Å². The second-order valence-electron chi connectivity index (χ2n) is 7.68. The molecule has 1 aliphatic rings. The lowest BCUT2D eigenvalue weighted by molar-refractivity contribution is 0.0733. The number of primary sulfonamides is 1. The van der Waals surface area contributed by atoms with Gasteiger partial charge in [-0.15, -0.1) is 0 Å². The molecule has 1 saturated carbocycles. The van der Waals surface area contributed by atoms with Gasteiger partial charge in [0.2, 0.25) is 10.0 Å². The monoisotopic (exact) mass is 424 g/mol. The van der Waals surface area contributed by atoms with E-state index in [1.54, 1.807) is 28.8 Å². The van der Waals surface area contributed by atoms with Crippen LogP contribution in [0.5, 0.6) is 0 Å². The third-order valence-corrected chi connectivity index (χ3v) is 6.47. The number of nitrogens with two attached hydrogens (primary N) is 1. The lowest BCUT2D eigenvalue weighted by Gasteiger charge is -2.25. The highest BCUT2D eigenvalue weighted by Gasteiger charge is 2.30. The Labute approximate surface area is 176 Å². The van der Waals surface area contributed by atoms with E-state index in [0.717, 1.165) is 29.8 Å². The maximum Gasteiger partial charge on any atom is 0.272 e. The predicted octanol–water partition coefficient (Wildman–Crippen LogP) is 3.23. The average molecular weight is 425 g/mol. The van der Waals surface area contributed by atoms with Gasteiger partial charge in [0.1, 0.15) is 5.69 Å². The Balaban J connectivity index is 1.64. The molecule has 2 aromatic carbocycles. The van der Waals surface area contributed by atoms with Crippen LogP contribution < -0.4 is 5.14 Å². The quantitative estimate of drug-likeness (QED) is 0.657. The third kappa shape index (κ3) is 4.01. The van der Waals surface area contributed by atoms with E-state index >= 15 is 0 Å². The molecule has 1 aliphatic carbocycles. The SMILES string of the molecule is C[C@@H](c1ccc(S(N)(=O)=O)cc1)N(C)C(=O)c1cc(C2CC2)nn1-c1ccccc1. The predicted molar refractivity (Wildman–Crippen MR) is 114 cm³/mol. The van der Waals surface area contributed by atoms with Gasteiger partial charge in [-0.1, -0.05) is 30.3 Å². The van der Waals surface area contributed by atoms with Crippen LogP contribution >= 0.6 is 0 Å². The minimum absolute atomic E-state index is 0.0451. The second kappa shape index (κ2) is 7.70. The van der Waals surface area contributed by atoms with Crippen LogP contribution in [0.2, 0.25) is 0 Å². The van der Waals surface area contributed by atoms with Gasteiger partial charge in [0, 0.05) is 13.0 Å². The maximum absolute atomic E-state index is 13.4. The number of carbonyl (C=O) groups is 1. The molecule has 30 heavy (non-hydrogen) atoms. The van der Waals surface area contributed by atoms with Crippen molar-refractivity contribution in [2.75, 3.05) is 7.05 Å². The highest BCUT2D eigenvalue weighted by molar-refractivity contribution is 7.89. The molecule has 1 aromatic heterocycles. The molecule has 1 amide bonds. The number of nitrogens with zero attached hydrogens (tertiary/aromatic N) is 3. The summed E-state index contributed by atoms with van der Waals surface area (Å²) in [6.45, 7) is 1.90. The number of aromatic nitrogens is 2. The lowest BCUT2D eigenvalue weighted by Crippen LogP contribution is -2.31. The first-order chi connectivity index (χ1) is 14.3. The summed E-state index contributed by atoms with van der Waals surface area (Å²) in [6.07, 6.45) is 2.20. The van der Waals surface area contributed by atoms with E-state index in [1.807, 2.05) is 43.3 Å². The number of sulfonamides is 1. The van der Waals surface area contributed by atoms with Crippen molar-refractivity contribution in [2.45, 2.75) is 36.6 Å². The first kappa shape index (κ1) is 20.3. The number of para-hydroxylation sites is 1. The summed E-state index contributed by atoms with van der Waals surface area (Å²) in [5.74, 6) is 0.274. The lowest BCUT2D eigenvalue weighted by atomic mass is 10.1. The maximum atomic E-state index is 13.4. The summed E-state index contributed by atoms with van der Waals surface area (Å²) < 4.78 is 24.7. The first-order valence-electron chi connectivity index (χ1n) is 9.81. The normalized spacial score (nSPS) is 15.0. The molecule has 2 N–H and O–H groups in total. The van der Waals surface area contributed by atoms with Gasteiger partial charge in [0.25, 0.3) is 5.91 Å². The van der Waals surface area contributed by atoms with Crippen LogP contribution in [0.4, 0.5) is 0 Å². The van der Waals surface area contributed by atoms with E-state index in [0.29, 0.717) is 11.6 Å². The number of amides is 1. The van der Waals surface area contributed by atoms with Crippen LogP contribution in [0, 0.1) is 0 Å². The third-order valence-electron chi connectivity index (χ3n) is 5.54. The summed E-state index contributed by atoms with van der Waals surface area (Å²) in [5, 5.41) is 9.87. The topological polar surface area (TPSA) is 98.3 Å². The van der Waals surface area contributed by atoms with Crippen LogP contribution in [0.15, 0.2) is 65.6 Å². The summed E-state index contributed by atoms with van der Waals surface area (Å²) in [7, 11) is -2.02. The van der Waals surface area contributed by atoms with Crippen molar-refractivity contribution < 1.29 is 13.2 Å². The molecule has 4 rings (SSSR count). The molecule has 0 radical (unpaired) electrons. The molecule has 8 heteroatoms. The van der Waals surface area contributed by atoms with Gasteiger partial charge in [-0.05, 0) is 55.7 Å². The van der Waals surface area contributed by atoms with E-state index in [2.05, 4.69) is 0 Å². The van der Waals surface area contributed by atoms with Gasteiger partial charge >= 0.3 is 0 Å². The Morgan fingerprint density at radius 3 is 2.33 bits per heavy atom. The minimum Gasteiger partial charge on any atom is -0.334 e. The molecule has 0 spiro atoms. The fourth-order valence-corrected chi connectivity index (χ4v) is 3.93. The van der Waals surface area contributed by atoms with Gasteiger partial charge in [0.15, 0.2) is 0 Å². The smallest absolute Gasteiger partial charge is 0.272 e. The molecule has 0 bridgehead atoms. The molecule has 0 saturated heterocycles. The number of hydrogen-bond acceptors (Lipinski definition) is 4. The molecular formula is C22H24N4O3S. The van der Waals surface area contributed by atoms with Crippen LogP contribution in [0.1, 0.15) is 53.5 Å². The minimum atomic E-state index is -3.75. The zero-order valence-corrected chi connectivity index (χ0v) is 17.7. The molecule has 0 aliphatic heterocycles. The summed E-state index contributed by atoms with van der Waals surface area (Å²) in [5.41, 5.74) is 3.11. The standard InChI is InChI=1S/C22H24N4O3S/c1-15(16-10-12-19(13-11-16)30(23,28)29)25(2)22(27)21-14-20(17-8-9-17)24-26(21)18-6-4-3-5-7-18/h3-7,10-15,17H,8-9H2,1-2H3,(H2,23,28,29)/t15-/m0/s1. The number of benzene rings is 2. The van der Waals surface area contributed by atoms with Gasteiger partial charge in [-0.2, -0.15) is 5.10 Å². The van der Waals surface area contributed by atoms with E-state index in [1.165, 1.54) is 12.1 Å². The van der Waals surface area contributed by atoms with Crippen molar-refractivity contribution in [3.05, 3.63) is 77.6 Å².